The van der Waals surface area contributed by atoms with E-state index in [4.69, 9.17) is 5.11 Å². The Morgan fingerprint density at radius 2 is 2.57 bits per heavy atom. The number of nitrogens with zero attached hydrogens (tertiary/aromatic N) is 1. The predicted molar refractivity (Wildman–Crippen MR) is 21.2 cm³/mol. The van der Waals surface area contributed by atoms with Crippen LogP contribution >= 0.6 is 0 Å². The van der Waals surface area contributed by atoms with Gasteiger partial charge in [0.15, 0.2) is 0 Å². The molecule has 0 unspecified atom stereocenters. The number of carbonyl (C=O) groups excluding carboxylic acids is 1. The Morgan fingerprint density at radius 3 is 3.00 bits per heavy atom. The molecule has 0 aromatic heterocycles. The second kappa shape index (κ2) is 5.39. The van der Waals surface area contributed by atoms with Gasteiger partial charge in [0.05, 0.1) is 6.61 Å². The normalized spacial score (nSPS) is 8.14. The Bertz CT molecular complexity index is 47.4. The molecule has 0 saturated carbocycles. The van der Waals surface area contributed by atoms with Crippen LogP contribution in [0, 0.1) is 0 Å². The van der Waals surface area contributed by atoms with Gasteiger partial charge in [0, 0.05) is 0 Å². The molecular weight excluding hydrogens is 98.0 g/mol. The minimum atomic E-state index is -0.114. The van der Waals surface area contributed by atoms with E-state index in [0.717, 1.165) is 0 Å². The summed E-state index contributed by atoms with van der Waals surface area (Å²) in [6.07, 6.45) is 0.273. The summed E-state index contributed by atoms with van der Waals surface area (Å²) < 4.78 is 0. The van der Waals surface area contributed by atoms with E-state index in [-0.39, 0.29) is 19.6 Å². The number of amides is 1. The minimum absolute atomic E-state index is 0.0821. The van der Waals surface area contributed by atoms with Crippen molar-refractivity contribution in [2.24, 2.45) is 0 Å². The summed E-state index contributed by atoms with van der Waals surface area (Å²) in [5, 5.41) is 7.99. The number of hydrogen-bond acceptors (Lipinski definition) is 3. The van der Waals surface area contributed by atoms with Crippen molar-refractivity contribution >= 4 is 6.41 Å². The average Bonchev–Trinajstić information content (AvgIpc) is 1.69. The monoisotopic (exact) mass is 104 g/mol. The van der Waals surface area contributed by atoms with E-state index in [0.29, 0.717) is 0 Å². The topological polar surface area (TPSA) is 60.6 Å². The Hall–Kier alpha value is -0.610. The molecular formula is C3H6NO3. The van der Waals surface area contributed by atoms with E-state index in [9.17, 15) is 4.79 Å². The molecule has 0 aliphatic heterocycles. The molecule has 0 fully saturated rings. The van der Waals surface area contributed by atoms with Crippen LogP contribution in [-0.2, 0) is 9.63 Å². The maximum atomic E-state index is 9.31. The fourth-order valence-electron chi connectivity index (χ4n) is 0.124. The third kappa shape index (κ3) is 5.39. The summed E-state index contributed by atoms with van der Waals surface area (Å²) in [5.74, 6) is 0. The summed E-state index contributed by atoms with van der Waals surface area (Å²) in [7, 11) is 0. The van der Waals surface area contributed by atoms with Crippen LogP contribution in [0.15, 0.2) is 0 Å². The molecule has 1 N–H and O–H groups in total. The van der Waals surface area contributed by atoms with Crippen molar-refractivity contribution < 1.29 is 14.7 Å². The Balaban J connectivity index is 2.56. The molecule has 1 amide bonds. The van der Waals surface area contributed by atoms with Crippen molar-refractivity contribution in [1.29, 1.82) is 0 Å². The maximum Gasteiger partial charge on any atom is 0.257 e. The van der Waals surface area contributed by atoms with Crippen LogP contribution in [0.1, 0.15) is 0 Å². The summed E-state index contributed by atoms with van der Waals surface area (Å²) in [5.41, 5.74) is 2.82. The van der Waals surface area contributed by atoms with Gasteiger partial charge in [-0.3, -0.25) is 4.79 Å². The summed E-state index contributed by atoms with van der Waals surface area (Å²) >= 11 is 0. The zero-order chi connectivity index (χ0) is 5.54. The lowest BCUT2D eigenvalue weighted by atomic mass is 10.8. The van der Waals surface area contributed by atoms with E-state index >= 15 is 0 Å². The van der Waals surface area contributed by atoms with Crippen LogP contribution in [0.25, 0.3) is 0 Å². The van der Waals surface area contributed by atoms with Gasteiger partial charge in [0.25, 0.3) is 6.41 Å². The summed E-state index contributed by atoms with van der Waals surface area (Å²) in [4.78, 5) is 13.4. The molecule has 1 radical (unpaired) electrons. The summed E-state index contributed by atoms with van der Waals surface area (Å²) in [6.45, 7) is -0.0317. The van der Waals surface area contributed by atoms with Crippen molar-refractivity contribution in [3.05, 3.63) is 0 Å². The zero-order valence-corrected chi connectivity index (χ0v) is 3.70. The molecule has 0 rings (SSSR count). The highest BCUT2D eigenvalue weighted by molar-refractivity contribution is 5.43. The molecule has 4 heteroatoms. The molecule has 0 saturated heterocycles. The van der Waals surface area contributed by atoms with Crippen LogP contribution in [-0.4, -0.2) is 24.7 Å². The summed E-state index contributed by atoms with van der Waals surface area (Å²) in [6, 6.07) is 0. The van der Waals surface area contributed by atoms with E-state index < -0.39 is 0 Å². The number of aliphatic hydroxyl groups excluding tert-OH is 1. The second-order valence-electron chi connectivity index (χ2n) is 0.768. The first-order valence-electron chi connectivity index (χ1n) is 1.78. The minimum Gasteiger partial charge on any atom is -0.394 e. The van der Waals surface area contributed by atoms with Crippen LogP contribution in [0.2, 0.25) is 0 Å². The molecule has 41 valence electrons. The number of hydrogen-bond donors (Lipinski definition) is 1. The molecule has 0 heterocycles. The van der Waals surface area contributed by atoms with E-state index in [1.54, 1.807) is 0 Å². The Kier molecular flexibility index (Phi) is 4.92. The van der Waals surface area contributed by atoms with Gasteiger partial charge >= 0.3 is 0 Å². The number of aliphatic hydroxyl groups is 1. The second-order valence-corrected chi connectivity index (χ2v) is 0.768. The molecule has 7 heavy (non-hydrogen) atoms. The van der Waals surface area contributed by atoms with Gasteiger partial charge in [-0.1, -0.05) is 5.48 Å². The highest BCUT2D eigenvalue weighted by atomic mass is 16.7. The van der Waals surface area contributed by atoms with E-state index in [2.05, 4.69) is 10.3 Å². The van der Waals surface area contributed by atoms with Gasteiger partial charge in [-0.2, -0.15) is 0 Å². The van der Waals surface area contributed by atoms with E-state index in [1.807, 2.05) is 0 Å². The number of hydroxylamine groups is 1. The molecule has 4 nitrogen and oxygen atoms in total. The van der Waals surface area contributed by atoms with Gasteiger partial charge in [0.2, 0.25) is 0 Å². The Labute approximate surface area is 41.0 Å². The average molecular weight is 104 g/mol. The fourth-order valence-corrected chi connectivity index (χ4v) is 0.124. The van der Waals surface area contributed by atoms with Gasteiger partial charge in [-0.05, 0) is 0 Å². The van der Waals surface area contributed by atoms with Crippen molar-refractivity contribution in [2.75, 3.05) is 13.2 Å². The third-order valence-electron chi connectivity index (χ3n) is 0.300. The van der Waals surface area contributed by atoms with Crippen molar-refractivity contribution in [3.8, 4) is 0 Å². The first-order chi connectivity index (χ1) is 3.41. The molecule has 0 aromatic rings. The van der Waals surface area contributed by atoms with Crippen LogP contribution < -0.4 is 5.48 Å². The molecule has 0 bridgehead atoms. The van der Waals surface area contributed by atoms with Crippen molar-refractivity contribution in [1.82, 2.24) is 5.48 Å². The maximum absolute atomic E-state index is 9.31. The third-order valence-corrected chi connectivity index (χ3v) is 0.300. The highest BCUT2D eigenvalue weighted by Crippen LogP contribution is 1.60. The smallest absolute Gasteiger partial charge is 0.257 e. The largest absolute Gasteiger partial charge is 0.394 e. The van der Waals surface area contributed by atoms with Crippen LogP contribution in [0.3, 0.4) is 0 Å². The van der Waals surface area contributed by atoms with Crippen molar-refractivity contribution in [2.45, 2.75) is 0 Å². The predicted octanol–water partition coefficient (Wildman–Crippen LogP) is -1.33. The molecule has 0 aliphatic carbocycles. The highest BCUT2D eigenvalue weighted by Gasteiger charge is 1.79. The lowest BCUT2D eigenvalue weighted by molar-refractivity contribution is -0.122. The van der Waals surface area contributed by atoms with Crippen LogP contribution in [0.4, 0.5) is 0 Å². The lowest BCUT2D eigenvalue weighted by Gasteiger charge is -1.88. The SMILES string of the molecule is O=C[N]OCCO. The molecule has 0 atom stereocenters. The number of carbonyl (C=O) groups is 1. The van der Waals surface area contributed by atoms with Crippen LogP contribution in [0.5, 0.6) is 0 Å². The van der Waals surface area contributed by atoms with Gasteiger partial charge in [-0.15, -0.1) is 0 Å². The first kappa shape index (κ1) is 6.39. The molecule has 0 spiro atoms. The Morgan fingerprint density at radius 1 is 1.86 bits per heavy atom. The number of rotatable bonds is 4. The zero-order valence-electron chi connectivity index (χ0n) is 3.70. The van der Waals surface area contributed by atoms with Gasteiger partial charge < -0.3 is 5.11 Å². The quantitative estimate of drug-likeness (QED) is 0.273. The fraction of sp³-hybridized carbons (Fsp3) is 0.667. The first-order valence-corrected chi connectivity index (χ1v) is 1.78. The lowest BCUT2D eigenvalue weighted by Crippen LogP contribution is -2.06. The molecule has 0 aromatic carbocycles. The van der Waals surface area contributed by atoms with Gasteiger partial charge in [0.1, 0.15) is 6.61 Å². The standard InChI is InChI=1S/C3H6NO3/c5-1-2-7-4-3-6/h3,5H,1-2H2. The van der Waals surface area contributed by atoms with E-state index in [1.165, 1.54) is 0 Å². The van der Waals surface area contributed by atoms with Gasteiger partial charge in [-0.25, -0.2) is 4.84 Å². The molecule has 0 aliphatic rings. The van der Waals surface area contributed by atoms with Crippen molar-refractivity contribution in [3.63, 3.8) is 0 Å².